The molecule has 0 saturated carbocycles. The van der Waals surface area contributed by atoms with Crippen molar-refractivity contribution in [2.75, 3.05) is 11.1 Å². The minimum Gasteiger partial charge on any atom is -0.365 e. The van der Waals surface area contributed by atoms with Crippen molar-refractivity contribution >= 4 is 39.9 Å². The number of fused-ring (bicyclic) bond motifs is 1. The summed E-state index contributed by atoms with van der Waals surface area (Å²) in [4.78, 5) is 26.2. The van der Waals surface area contributed by atoms with Gasteiger partial charge in [0.25, 0.3) is 5.91 Å². The van der Waals surface area contributed by atoms with Crippen LogP contribution in [-0.4, -0.2) is 17.6 Å². The van der Waals surface area contributed by atoms with Gasteiger partial charge in [-0.05, 0) is 43.4 Å². The quantitative estimate of drug-likeness (QED) is 0.815. The molecular formula is C17H18N2O2S2. The molecule has 6 heteroatoms. The number of amides is 2. The van der Waals surface area contributed by atoms with Gasteiger partial charge in [-0.3, -0.25) is 9.59 Å². The molecule has 0 aliphatic heterocycles. The van der Waals surface area contributed by atoms with E-state index in [1.165, 1.54) is 28.0 Å². The summed E-state index contributed by atoms with van der Waals surface area (Å²) in [5, 5.41) is 3.48. The maximum Gasteiger partial charge on any atom is 0.251 e. The van der Waals surface area contributed by atoms with Gasteiger partial charge >= 0.3 is 0 Å². The Labute approximate surface area is 143 Å². The Hall–Kier alpha value is -1.79. The lowest BCUT2D eigenvalue weighted by Gasteiger charge is -2.07. The molecular weight excluding hydrogens is 328 g/mol. The first-order valence-corrected chi connectivity index (χ1v) is 9.29. The van der Waals surface area contributed by atoms with Crippen LogP contribution in [0, 0.1) is 6.92 Å². The van der Waals surface area contributed by atoms with Gasteiger partial charge in [0.15, 0.2) is 0 Å². The standard InChI is InChI=1S/C17H18N2O2S2/c1-10-5-2-3-7-12(10)22-9-14(20)19-17-15(16(18)21)11-6-4-8-13(11)23-17/h2-3,5,7H,4,6,8-9H2,1H3,(H2,18,21)(H,19,20). The number of benzene rings is 1. The molecule has 2 amide bonds. The second-order valence-corrected chi connectivity index (χ2v) is 7.65. The third-order valence-corrected chi connectivity index (χ3v) is 6.26. The van der Waals surface area contributed by atoms with Gasteiger partial charge in [-0.1, -0.05) is 18.2 Å². The zero-order chi connectivity index (χ0) is 16.4. The third-order valence-electron chi connectivity index (χ3n) is 3.87. The number of aryl methyl sites for hydroxylation is 2. The minimum absolute atomic E-state index is 0.110. The predicted octanol–water partition coefficient (Wildman–Crippen LogP) is 3.37. The average molecular weight is 346 g/mol. The lowest BCUT2D eigenvalue weighted by atomic mass is 10.1. The van der Waals surface area contributed by atoms with E-state index in [1.54, 1.807) is 0 Å². The molecule has 0 bridgehead atoms. The number of thiophene rings is 1. The first-order chi connectivity index (χ1) is 11.1. The number of rotatable bonds is 5. The molecule has 0 radical (unpaired) electrons. The normalized spacial score (nSPS) is 12.9. The number of carbonyl (C=O) groups excluding carboxylic acids is 2. The van der Waals surface area contributed by atoms with E-state index in [0.29, 0.717) is 16.3 Å². The Morgan fingerprint density at radius 3 is 2.83 bits per heavy atom. The van der Waals surface area contributed by atoms with Crippen LogP contribution in [0.2, 0.25) is 0 Å². The maximum absolute atomic E-state index is 12.2. The van der Waals surface area contributed by atoms with Crippen molar-refractivity contribution in [1.82, 2.24) is 0 Å². The van der Waals surface area contributed by atoms with Crippen LogP contribution >= 0.6 is 23.1 Å². The number of thioether (sulfide) groups is 1. The Morgan fingerprint density at radius 2 is 2.09 bits per heavy atom. The zero-order valence-corrected chi connectivity index (χ0v) is 14.5. The largest absolute Gasteiger partial charge is 0.365 e. The molecule has 1 heterocycles. The van der Waals surface area contributed by atoms with Crippen LogP contribution in [0.25, 0.3) is 0 Å². The third kappa shape index (κ3) is 3.43. The highest BCUT2D eigenvalue weighted by Gasteiger charge is 2.26. The van der Waals surface area contributed by atoms with Crippen LogP contribution in [0.15, 0.2) is 29.2 Å². The number of hydrogen-bond acceptors (Lipinski definition) is 4. The molecule has 4 nitrogen and oxygen atoms in total. The molecule has 0 unspecified atom stereocenters. The van der Waals surface area contributed by atoms with E-state index in [4.69, 9.17) is 5.73 Å². The van der Waals surface area contributed by atoms with Gasteiger partial charge in [0.1, 0.15) is 5.00 Å². The van der Waals surface area contributed by atoms with Gasteiger partial charge in [0.2, 0.25) is 5.91 Å². The van der Waals surface area contributed by atoms with E-state index in [1.807, 2.05) is 31.2 Å². The second kappa shape index (κ2) is 6.76. The number of nitrogens with one attached hydrogen (secondary N) is 1. The molecule has 0 saturated heterocycles. The van der Waals surface area contributed by atoms with Crippen molar-refractivity contribution in [1.29, 1.82) is 0 Å². The maximum atomic E-state index is 12.2. The Morgan fingerprint density at radius 1 is 1.30 bits per heavy atom. The van der Waals surface area contributed by atoms with Crippen molar-refractivity contribution < 1.29 is 9.59 Å². The molecule has 1 aromatic heterocycles. The summed E-state index contributed by atoms with van der Waals surface area (Å²) in [6.07, 6.45) is 2.89. The highest BCUT2D eigenvalue weighted by atomic mass is 32.2. The summed E-state index contributed by atoms with van der Waals surface area (Å²) in [7, 11) is 0. The number of anilines is 1. The van der Waals surface area contributed by atoms with E-state index in [0.717, 1.165) is 35.3 Å². The molecule has 2 aromatic rings. The van der Waals surface area contributed by atoms with Gasteiger partial charge in [-0.15, -0.1) is 23.1 Å². The molecule has 0 fully saturated rings. The summed E-state index contributed by atoms with van der Waals surface area (Å²) in [6, 6.07) is 7.96. The van der Waals surface area contributed by atoms with Gasteiger partial charge in [0.05, 0.1) is 11.3 Å². The molecule has 1 aromatic carbocycles. The first kappa shape index (κ1) is 16.1. The molecule has 3 rings (SSSR count). The summed E-state index contributed by atoms with van der Waals surface area (Å²) >= 11 is 2.98. The highest BCUT2D eigenvalue weighted by Crippen LogP contribution is 2.38. The monoisotopic (exact) mass is 346 g/mol. The number of nitrogens with two attached hydrogens (primary N) is 1. The topological polar surface area (TPSA) is 72.2 Å². The molecule has 23 heavy (non-hydrogen) atoms. The van der Waals surface area contributed by atoms with Crippen LogP contribution in [0.5, 0.6) is 0 Å². The smallest absolute Gasteiger partial charge is 0.251 e. The first-order valence-electron chi connectivity index (χ1n) is 7.49. The summed E-state index contributed by atoms with van der Waals surface area (Å²) in [6.45, 7) is 2.02. The van der Waals surface area contributed by atoms with Crippen molar-refractivity contribution in [3.05, 3.63) is 45.8 Å². The van der Waals surface area contributed by atoms with Gasteiger partial charge in [-0.2, -0.15) is 0 Å². The van der Waals surface area contributed by atoms with Gasteiger partial charge in [-0.25, -0.2) is 0 Å². The van der Waals surface area contributed by atoms with E-state index in [2.05, 4.69) is 5.32 Å². The van der Waals surface area contributed by atoms with E-state index in [-0.39, 0.29) is 5.91 Å². The molecule has 1 aliphatic rings. The van der Waals surface area contributed by atoms with Gasteiger partial charge < -0.3 is 11.1 Å². The SMILES string of the molecule is Cc1ccccc1SCC(=O)Nc1sc2c(c1C(N)=O)CCC2. The molecule has 120 valence electrons. The fraction of sp³-hybridized carbons (Fsp3) is 0.294. The fourth-order valence-corrected chi connectivity index (χ4v) is 4.92. The summed E-state index contributed by atoms with van der Waals surface area (Å²) < 4.78 is 0. The van der Waals surface area contributed by atoms with E-state index < -0.39 is 5.91 Å². The second-order valence-electron chi connectivity index (χ2n) is 5.53. The van der Waals surface area contributed by atoms with Crippen LogP contribution < -0.4 is 11.1 Å². The van der Waals surface area contributed by atoms with Crippen LogP contribution in [-0.2, 0) is 17.6 Å². The van der Waals surface area contributed by atoms with Gasteiger partial charge in [0, 0.05) is 9.77 Å². The summed E-state index contributed by atoms with van der Waals surface area (Å²) in [5.74, 6) is -0.252. The van der Waals surface area contributed by atoms with Crippen molar-refractivity contribution in [2.24, 2.45) is 5.73 Å². The Kier molecular flexibility index (Phi) is 4.73. The van der Waals surface area contributed by atoms with E-state index >= 15 is 0 Å². The summed E-state index contributed by atoms with van der Waals surface area (Å²) in [5.41, 5.74) is 8.20. The van der Waals surface area contributed by atoms with Crippen LogP contribution in [0.4, 0.5) is 5.00 Å². The molecule has 0 spiro atoms. The number of carbonyl (C=O) groups is 2. The van der Waals surface area contributed by atoms with Crippen LogP contribution in [0.1, 0.15) is 32.8 Å². The number of hydrogen-bond donors (Lipinski definition) is 2. The highest BCUT2D eigenvalue weighted by molar-refractivity contribution is 8.00. The molecule has 3 N–H and O–H groups in total. The van der Waals surface area contributed by atoms with E-state index in [9.17, 15) is 9.59 Å². The zero-order valence-electron chi connectivity index (χ0n) is 12.8. The lowest BCUT2D eigenvalue weighted by molar-refractivity contribution is -0.113. The Balaban J connectivity index is 1.69. The average Bonchev–Trinajstić information content (AvgIpc) is 3.06. The predicted molar refractivity (Wildman–Crippen MR) is 95.4 cm³/mol. The van der Waals surface area contributed by atoms with Crippen molar-refractivity contribution in [3.8, 4) is 0 Å². The Bertz CT molecular complexity index is 768. The van der Waals surface area contributed by atoms with Crippen LogP contribution in [0.3, 0.4) is 0 Å². The fourth-order valence-electron chi connectivity index (χ4n) is 2.78. The van der Waals surface area contributed by atoms with Crippen molar-refractivity contribution in [2.45, 2.75) is 31.1 Å². The minimum atomic E-state index is -0.453. The molecule has 1 aliphatic carbocycles. The lowest BCUT2D eigenvalue weighted by Crippen LogP contribution is -2.18. The van der Waals surface area contributed by atoms with Crippen molar-refractivity contribution in [3.63, 3.8) is 0 Å². The number of primary amides is 1. The molecule has 0 atom stereocenters.